The number of amides is 1. The number of nitrogens with one attached hydrogen (secondary N) is 1. The van der Waals surface area contributed by atoms with Gasteiger partial charge in [-0.25, -0.2) is 19.2 Å². The molecule has 1 fully saturated rings. The number of carbonyl (C=O) groups is 1. The molecular formula is C17H21FN4O3. The third-order valence-corrected chi connectivity index (χ3v) is 4.75. The summed E-state index contributed by atoms with van der Waals surface area (Å²) in [6, 6.07) is 3.06. The van der Waals surface area contributed by atoms with Gasteiger partial charge in [-0.15, -0.1) is 0 Å². The molecule has 8 heteroatoms. The molecule has 1 aliphatic rings. The average Bonchev–Trinajstić information content (AvgIpc) is 2.60. The number of anilines is 1. The lowest BCUT2D eigenvalue weighted by atomic mass is 9.90. The SMILES string of the molecule is COc1cnc2ccc(F)c(N(C)C3CCC(NC(=O)O)CC3)c2n1. The van der Waals surface area contributed by atoms with Crippen LogP contribution in [0.2, 0.25) is 0 Å². The molecule has 2 aromatic rings. The first-order chi connectivity index (χ1) is 12.0. The van der Waals surface area contributed by atoms with E-state index in [0.29, 0.717) is 22.6 Å². The second kappa shape index (κ2) is 7.08. The lowest BCUT2D eigenvalue weighted by Crippen LogP contribution is -2.42. The van der Waals surface area contributed by atoms with Crippen molar-refractivity contribution in [3.63, 3.8) is 0 Å². The van der Waals surface area contributed by atoms with Crippen molar-refractivity contribution < 1.29 is 19.0 Å². The van der Waals surface area contributed by atoms with Crippen molar-refractivity contribution in [2.75, 3.05) is 19.1 Å². The molecule has 1 heterocycles. The Morgan fingerprint density at radius 3 is 2.72 bits per heavy atom. The van der Waals surface area contributed by atoms with Crippen LogP contribution in [-0.2, 0) is 0 Å². The molecule has 1 aliphatic carbocycles. The van der Waals surface area contributed by atoms with Gasteiger partial charge in [-0.1, -0.05) is 0 Å². The minimum Gasteiger partial charge on any atom is -0.480 e. The van der Waals surface area contributed by atoms with Gasteiger partial charge in [0.25, 0.3) is 0 Å². The monoisotopic (exact) mass is 348 g/mol. The smallest absolute Gasteiger partial charge is 0.404 e. The number of carboxylic acid groups (broad SMARTS) is 1. The molecule has 1 aromatic carbocycles. The fourth-order valence-corrected chi connectivity index (χ4v) is 3.42. The van der Waals surface area contributed by atoms with Crippen molar-refractivity contribution in [2.45, 2.75) is 37.8 Å². The van der Waals surface area contributed by atoms with Crippen molar-refractivity contribution in [3.05, 3.63) is 24.1 Å². The number of methoxy groups -OCH3 is 1. The molecule has 1 amide bonds. The van der Waals surface area contributed by atoms with E-state index >= 15 is 0 Å². The molecule has 0 aliphatic heterocycles. The van der Waals surface area contributed by atoms with Crippen LogP contribution in [0.5, 0.6) is 5.88 Å². The Morgan fingerprint density at radius 1 is 1.36 bits per heavy atom. The highest BCUT2D eigenvalue weighted by Gasteiger charge is 2.27. The molecule has 0 bridgehead atoms. The van der Waals surface area contributed by atoms with Gasteiger partial charge in [0.15, 0.2) is 0 Å². The van der Waals surface area contributed by atoms with Crippen LogP contribution in [0, 0.1) is 5.82 Å². The number of fused-ring (bicyclic) bond motifs is 1. The van der Waals surface area contributed by atoms with Crippen LogP contribution in [0.25, 0.3) is 11.0 Å². The minimum atomic E-state index is -1.00. The number of nitrogens with zero attached hydrogens (tertiary/aromatic N) is 3. The Hall–Kier alpha value is -2.64. The predicted octanol–water partition coefficient (Wildman–Crippen LogP) is 2.79. The summed E-state index contributed by atoms with van der Waals surface area (Å²) in [5.74, 6) is -0.0227. The highest BCUT2D eigenvalue weighted by atomic mass is 19.1. The van der Waals surface area contributed by atoms with Crippen LogP contribution < -0.4 is 15.0 Å². The van der Waals surface area contributed by atoms with E-state index in [-0.39, 0.29) is 17.9 Å². The summed E-state index contributed by atoms with van der Waals surface area (Å²) in [4.78, 5) is 21.3. The molecule has 2 N–H and O–H groups in total. The zero-order chi connectivity index (χ0) is 18.0. The molecule has 25 heavy (non-hydrogen) atoms. The van der Waals surface area contributed by atoms with Crippen LogP contribution in [-0.4, -0.2) is 47.4 Å². The van der Waals surface area contributed by atoms with E-state index in [9.17, 15) is 9.18 Å². The molecule has 0 radical (unpaired) electrons. The second-order valence-corrected chi connectivity index (χ2v) is 6.24. The maximum Gasteiger partial charge on any atom is 0.404 e. The molecule has 0 saturated heterocycles. The number of benzene rings is 1. The Morgan fingerprint density at radius 2 is 2.08 bits per heavy atom. The van der Waals surface area contributed by atoms with Gasteiger partial charge in [0.1, 0.15) is 17.0 Å². The quantitative estimate of drug-likeness (QED) is 0.883. The van der Waals surface area contributed by atoms with Crippen molar-refractivity contribution in [1.29, 1.82) is 0 Å². The van der Waals surface area contributed by atoms with Gasteiger partial charge < -0.3 is 20.1 Å². The van der Waals surface area contributed by atoms with Gasteiger partial charge in [0, 0.05) is 19.1 Å². The largest absolute Gasteiger partial charge is 0.480 e. The molecule has 134 valence electrons. The Kier molecular flexibility index (Phi) is 4.87. The maximum atomic E-state index is 14.6. The van der Waals surface area contributed by atoms with Gasteiger partial charge in [0.2, 0.25) is 5.88 Å². The maximum absolute atomic E-state index is 14.6. The van der Waals surface area contributed by atoms with Gasteiger partial charge >= 0.3 is 6.09 Å². The van der Waals surface area contributed by atoms with E-state index in [2.05, 4.69) is 15.3 Å². The van der Waals surface area contributed by atoms with Crippen LogP contribution in [0.15, 0.2) is 18.3 Å². The molecule has 0 spiro atoms. The third kappa shape index (κ3) is 3.57. The molecule has 1 aromatic heterocycles. The van der Waals surface area contributed by atoms with Crippen molar-refractivity contribution in [3.8, 4) is 5.88 Å². The summed E-state index contributed by atoms with van der Waals surface area (Å²) < 4.78 is 19.7. The number of rotatable bonds is 4. The topological polar surface area (TPSA) is 87.6 Å². The molecule has 0 unspecified atom stereocenters. The first-order valence-corrected chi connectivity index (χ1v) is 8.21. The normalized spacial score (nSPS) is 20.3. The molecule has 1 saturated carbocycles. The number of hydrogen-bond acceptors (Lipinski definition) is 5. The number of ether oxygens (including phenoxy) is 1. The Balaban J connectivity index is 1.86. The third-order valence-electron chi connectivity index (χ3n) is 4.75. The highest BCUT2D eigenvalue weighted by Crippen LogP contribution is 2.33. The highest BCUT2D eigenvalue weighted by molar-refractivity contribution is 5.88. The van der Waals surface area contributed by atoms with E-state index in [1.54, 1.807) is 6.07 Å². The number of hydrogen-bond donors (Lipinski definition) is 2. The van der Waals surface area contributed by atoms with Crippen LogP contribution in [0.3, 0.4) is 0 Å². The lowest BCUT2D eigenvalue weighted by molar-refractivity contribution is 0.185. The number of halogens is 1. The average molecular weight is 348 g/mol. The van der Waals surface area contributed by atoms with E-state index in [4.69, 9.17) is 9.84 Å². The molecule has 7 nitrogen and oxygen atoms in total. The summed E-state index contributed by atoms with van der Waals surface area (Å²) >= 11 is 0. The summed E-state index contributed by atoms with van der Waals surface area (Å²) in [7, 11) is 3.34. The Labute approximate surface area is 144 Å². The van der Waals surface area contributed by atoms with Gasteiger partial charge in [-0.05, 0) is 37.8 Å². The van der Waals surface area contributed by atoms with Crippen LogP contribution >= 0.6 is 0 Å². The van der Waals surface area contributed by atoms with E-state index in [0.717, 1.165) is 25.7 Å². The first-order valence-electron chi connectivity index (χ1n) is 8.21. The zero-order valence-corrected chi connectivity index (χ0v) is 14.2. The summed E-state index contributed by atoms with van der Waals surface area (Å²) in [5.41, 5.74) is 1.47. The lowest BCUT2D eigenvalue weighted by Gasteiger charge is -2.36. The van der Waals surface area contributed by atoms with E-state index in [1.165, 1.54) is 19.4 Å². The van der Waals surface area contributed by atoms with Gasteiger partial charge in [0.05, 0.1) is 18.8 Å². The van der Waals surface area contributed by atoms with Crippen LogP contribution in [0.1, 0.15) is 25.7 Å². The standard InChI is InChI=1S/C17H21FN4O3/c1-22(11-5-3-10(4-6-11)20-17(23)24)16-12(18)7-8-13-15(16)21-14(25-2)9-19-13/h7-11,20H,3-6H2,1-2H3,(H,23,24). The van der Waals surface area contributed by atoms with E-state index in [1.807, 2.05) is 11.9 Å². The number of aromatic nitrogens is 2. The minimum absolute atomic E-state index is 0.0422. The molecular weight excluding hydrogens is 327 g/mol. The van der Waals surface area contributed by atoms with Gasteiger partial charge in [-0.3, -0.25) is 0 Å². The zero-order valence-electron chi connectivity index (χ0n) is 14.2. The van der Waals surface area contributed by atoms with Crippen molar-refractivity contribution in [2.24, 2.45) is 0 Å². The van der Waals surface area contributed by atoms with Crippen LogP contribution in [0.4, 0.5) is 14.9 Å². The molecule has 3 rings (SSSR count). The van der Waals surface area contributed by atoms with Gasteiger partial charge in [-0.2, -0.15) is 0 Å². The fraction of sp³-hybridized carbons (Fsp3) is 0.471. The summed E-state index contributed by atoms with van der Waals surface area (Å²) in [6.45, 7) is 0. The predicted molar refractivity (Wildman–Crippen MR) is 91.7 cm³/mol. The van der Waals surface area contributed by atoms with Crippen molar-refractivity contribution in [1.82, 2.24) is 15.3 Å². The first kappa shape index (κ1) is 17.2. The summed E-state index contributed by atoms with van der Waals surface area (Å²) in [6.07, 6.45) is 3.50. The second-order valence-electron chi connectivity index (χ2n) is 6.24. The Bertz CT molecular complexity index is 778. The molecule has 0 atom stereocenters. The fourth-order valence-electron chi connectivity index (χ4n) is 3.42. The van der Waals surface area contributed by atoms with Crippen molar-refractivity contribution >= 4 is 22.8 Å². The van der Waals surface area contributed by atoms with E-state index < -0.39 is 6.09 Å². The summed E-state index contributed by atoms with van der Waals surface area (Å²) in [5, 5.41) is 11.3.